The van der Waals surface area contributed by atoms with Crippen LogP contribution in [0.4, 0.5) is 20.2 Å². The number of anilines is 1. The molecule has 0 bridgehead atoms. The summed E-state index contributed by atoms with van der Waals surface area (Å²) in [5.41, 5.74) is 0.326. The van der Waals surface area contributed by atoms with E-state index in [1.807, 2.05) is 0 Å². The maximum atomic E-state index is 13.7. The molecule has 21 heavy (non-hydrogen) atoms. The van der Waals surface area contributed by atoms with Crippen LogP contribution in [-0.4, -0.2) is 11.4 Å². The van der Waals surface area contributed by atoms with Crippen molar-refractivity contribution in [2.75, 3.05) is 11.6 Å². The van der Waals surface area contributed by atoms with Crippen LogP contribution in [0.25, 0.3) is 0 Å². The summed E-state index contributed by atoms with van der Waals surface area (Å²) in [7, 11) is 0. The van der Waals surface area contributed by atoms with Crippen molar-refractivity contribution in [3.8, 4) is 0 Å². The SMILES string of the molecule is CSC(=Nc1ccc(Cl)cc1F)Nc1ccc(Cl)cc1F. The molecule has 0 spiro atoms. The van der Waals surface area contributed by atoms with Gasteiger partial charge in [0.1, 0.15) is 17.3 Å². The molecule has 0 aromatic heterocycles. The van der Waals surface area contributed by atoms with Gasteiger partial charge in [0.25, 0.3) is 0 Å². The summed E-state index contributed by atoms with van der Waals surface area (Å²) in [5, 5.41) is 3.72. The van der Waals surface area contributed by atoms with Crippen molar-refractivity contribution in [1.29, 1.82) is 0 Å². The van der Waals surface area contributed by atoms with E-state index in [1.165, 1.54) is 42.1 Å². The number of amidine groups is 1. The lowest BCUT2D eigenvalue weighted by Crippen LogP contribution is -2.08. The summed E-state index contributed by atoms with van der Waals surface area (Å²) in [6.07, 6.45) is 1.74. The number of nitrogens with zero attached hydrogens (tertiary/aromatic N) is 1. The van der Waals surface area contributed by atoms with Crippen molar-refractivity contribution in [2.45, 2.75) is 0 Å². The van der Waals surface area contributed by atoms with Gasteiger partial charge < -0.3 is 5.32 Å². The van der Waals surface area contributed by atoms with Crippen LogP contribution in [-0.2, 0) is 0 Å². The molecule has 2 rings (SSSR count). The summed E-state index contributed by atoms with van der Waals surface area (Å²) >= 11 is 12.6. The fourth-order valence-electron chi connectivity index (χ4n) is 1.51. The third kappa shape index (κ3) is 4.33. The Morgan fingerprint density at radius 2 is 1.67 bits per heavy atom. The molecule has 2 aromatic carbocycles. The van der Waals surface area contributed by atoms with Crippen molar-refractivity contribution in [2.24, 2.45) is 4.99 Å². The van der Waals surface area contributed by atoms with E-state index in [4.69, 9.17) is 23.2 Å². The Morgan fingerprint density at radius 3 is 2.24 bits per heavy atom. The third-order valence-corrected chi connectivity index (χ3v) is 3.55. The van der Waals surface area contributed by atoms with Gasteiger partial charge in [0, 0.05) is 10.0 Å². The van der Waals surface area contributed by atoms with Crippen molar-refractivity contribution in [1.82, 2.24) is 0 Å². The van der Waals surface area contributed by atoms with Crippen molar-refractivity contribution >= 4 is 51.5 Å². The maximum Gasteiger partial charge on any atom is 0.166 e. The minimum absolute atomic E-state index is 0.116. The molecule has 0 saturated carbocycles. The molecule has 0 aliphatic heterocycles. The Labute approximate surface area is 135 Å². The van der Waals surface area contributed by atoms with Crippen LogP contribution in [0.2, 0.25) is 10.0 Å². The molecule has 2 aromatic rings. The smallest absolute Gasteiger partial charge is 0.166 e. The molecular formula is C14H10Cl2F2N2S. The minimum Gasteiger partial charge on any atom is -0.332 e. The van der Waals surface area contributed by atoms with Gasteiger partial charge in [-0.15, -0.1) is 0 Å². The van der Waals surface area contributed by atoms with Crippen molar-refractivity contribution in [3.05, 3.63) is 58.1 Å². The first-order chi connectivity index (χ1) is 9.99. The number of rotatable bonds is 2. The van der Waals surface area contributed by atoms with E-state index in [0.717, 1.165) is 0 Å². The van der Waals surface area contributed by atoms with E-state index in [1.54, 1.807) is 12.3 Å². The number of benzene rings is 2. The zero-order chi connectivity index (χ0) is 15.4. The second-order valence-electron chi connectivity index (χ2n) is 3.97. The van der Waals surface area contributed by atoms with Gasteiger partial charge in [-0.3, -0.25) is 0 Å². The number of hydrogen-bond acceptors (Lipinski definition) is 2. The summed E-state index contributed by atoms with van der Waals surface area (Å²) in [5.74, 6) is -1.06. The molecule has 7 heteroatoms. The van der Waals surface area contributed by atoms with E-state index in [2.05, 4.69) is 10.3 Å². The molecule has 0 aliphatic rings. The Morgan fingerprint density at radius 1 is 1.05 bits per heavy atom. The fourth-order valence-corrected chi connectivity index (χ4v) is 2.23. The van der Waals surface area contributed by atoms with Crippen molar-refractivity contribution < 1.29 is 8.78 Å². The molecule has 0 saturated heterocycles. The van der Waals surface area contributed by atoms with E-state index in [0.29, 0.717) is 10.2 Å². The molecule has 0 radical (unpaired) electrons. The van der Waals surface area contributed by atoms with E-state index >= 15 is 0 Å². The lowest BCUT2D eigenvalue weighted by molar-refractivity contribution is 0.630. The topological polar surface area (TPSA) is 24.4 Å². The zero-order valence-electron chi connectivity index (χ0n) is 10.8. The highest BCUT2D eigenvalue weighted by atomic mass is 35.5. The summed E-state index contributed by atoms with van der Waals surface area (Å²) in [4.78, 5) is 4.11. The third-order valence-electron chi connectivity index (χ3n) is 2.50. The monoisotopic (exact) mass is 346 g/mol. The average molecular weight is 347 g/mol. The molecule has 0 atom stereocenters. The van der Waals surface area contributed by atoms with Crippen LogP contribution >= 0.6 is 35.0 Å². The van der Waals surface area contributed by atoms with Gasteiger partial charge in [-0.25, -0.2) is 13.8 Å². The second kappa shape index (κ2) is 7.11. The van der Waals surface area contributed by atoms with Gasteiger partial charge in [0.05, 0.1) is 5.69 Å². The van der Waals surface area contributed by atoms with Gasteiger partial charge in [0.2, 0.25) is 0 Å². The molecule has 0 aliphatic carbocycles. The predicted octanol–water partition coefficient (Wildman–Crippen LogP) is 5.73. The Bertz CT molecular complexity index is 693. The molecular weight excluding hydrogens is 337 g/mol. The van der Waals surface area contributed by atoms with Gasteiger partial charge in [-0.2, -0.15) is 0 Å². The van der Waals surface area contributed by atoms with E-state index in [-0.39, 0.29) is 16.4 Å². The molecule has 110 valence electrons. The molecule has 2 nitrogen and oxygen atoms in total. The molecule has 1 N–H and O–H groups in total. The van der Waals surface area contributed by atoms with Crippen molar-refractivity contribution in [3.63, 3.8) is 0 Å². The maximum absolute atomic E-state index is 13.7. The second-order valence-corrected chi connectivity index (χ2v) is 5.63. The van der Waals surface area contributed by atoms with Crippen LogP contribution in [0.15, 0.2) is 41.4 Å². The summed E-state index contributed by atoms with van der Waals surface area (Å²) in [6, 6.07) is 8.37. The zero-order valence-corrected chi connectivity index (χ0v) is 13.2. The average Bonchev–Trinajstić information content (AvgIpc) is 2.43. The number of halogens is 4. The van der Waals surface area contributed by atoms with Crippen LogP contribution in [0, 0.1) is 11.6 Å². The standard InChI is InChI=1S/C14H10Cl2F2N2S/c1-21-14(19-12-4-2-8(15)6-10(12)17)20-13-5-3-9(16)7-11(13)18/h2-7H,1H3,(H,19,20). The normalized spacial score (nSPS) is 11.6. The van der Waals surface area contributed by atoms with Crippen LogP contribution in [0.5, 0.6) is 0 Å². The largest absolute Gasteiger partial charge is 0.332 e. The lowest BCUT2D eigenvalue weighted by atomic mass is 10.3. The van der Waals surface area contributed by atoms with Crippen LogP contribution < -0.4 is 5.32 Å². The van der Waals surface area contributed by atoms with Crippen LogP contribution in [0.3, 0.4) is 0 Å². The predicted molar refractivity (Wildman–Crippen MR) is 87.1 cm³/mol. The molecule has 0 heterocycles. The summed E-state index contributed by atoms with van der Waals surface area (Å²) < 4.78 is 27.4. The fraction of sp³-hybridized carbons (Fsp3) is 0.0714. The highest BCUT2D eigenvalue weighted by Gasteiger charge is 2.08. The first-order valence-corrected chi connectivity index (χ1v) is 7.77. The Balaban J connectivity index is 2.28. The lowest BCUT2D eigenvalue weighted by Gasteiger charge is -2.09. The number of hydrogen-bond donors (Lipinski definition) is 1. The first kappa shape index (κ1) is 16.1. The van der Waals surface area contributed by atoms with Gasteiger partial charge >= 0.3 is 0 Å². The van der Waals surface area contributed by atoms with E-state index in [9.17, 15) is 8.78 Å². The Hall–Kier alpha value is -1.30. The summed E-state index contributed by atoms with van der Waals surface area (Å²) in [6.45, 7) is 0. The number of aliphatic imine (C=N–C) groups is 1. The molecule has 0 amide bonds. The highest BCUT2D eigenvalue weighted by molar-refractivity contribution is 8.13. The van der Waals surface area contributed by atoms with E-state index < -0.39 is 11.6 Å². The molecule has 0 unspecified atom stereocenters. The van der Waals surface area contributed by atoms with Crippen LogP contribution in [0.1, 0.15) is 0 Å². The number of nitrogens with one attached hydrogen (secondary N) is 1. The van der Waals surface area contributed by atoms with Gasteiger partial charge in [-0.05, 0) is 42.7 Å². The minimum atomic E-state index is -0.549. The quantitative estimate of drug-likeness (QED) is 0.554. The van der Waals surface area contributed by atoms with Gasteiger partial charge in [0.15, 0.2) is 5.17 Å². The van der Waals surface area contributed by atoms with Gasteiger partial charge in [-0.1, -0.05) is 35.0 Å². The first-order valence-electron chi connectivity index (χ1n) is 5.79. The number of thioether (sulfide) groups is 1. The molecule has 0 fully saturated rings. The Kier molecular flexibility index (Phi) is 5.45. The highest BCUT2D eigenvalue weighted by Crippen LogP contribution is 2.24.